The first-order chi connectivity index (χ1) is 9.12. The molecule has 6 heteroatoms. The molecule has 0 amide bonds. The summed E-state index contributed by atoms with van der Waals surface area (Å²) < 4.78 is 31.1. The molecule has 0 aliphatic heterocycles. The molecule has 0 aliphatic rings. The molecule has 0 saturated heterocycles. The highest BCUT2D eigenvalue weighted by molar-refractivity contribution is 14.1. The lowest BCUT2D eigenvalue weighted by Gasteiger charge is -2.31. The molecular weight excluding hydrogens is 391 g/mol. The quantitative estimate of drug-likeness (QED) is 0.409. The Kier molecular flexibility index (Phi) is 6.43. The minimum Gasteiger partial charge on any atom is -0.388 e. The van der Waals surface area contributed by atoms with E-state index < -0.39 is 16.2 Å². The first kappa shape index (κ1) is 17.9. The highest BCUT2D eigenvalue weighted by atomic mass is 127. The van der Waals surface area contributed by atoms with Gasteiger partial charge in [0.2, 0.25) is 0 Å². The lowest BCUT2D eigenvalue weighted by atomic mass is 9.78. The molecule has 0 heterocycles. The van der Waals surface area contributed by atoms with E-state index >= 15 is 0 Å². The lowest BCUT2D eigenvalue weighted by Crippen LogP contribution is -2.22. The number of hydrogen-bond acceptors (Lipinski definition) is 3. The van der Waals surface area contributed by atoms with Crippen molar-refractivity contribution in [3.8, 4) is 0 Å². The van der Waals surface area contributed by atoms with Crippen LogP contribution < -0.4 is 0 Å². The largest absolute Gasteiger partial charge is 0.388 e. The van der Waals surface area contributed by atoms with Crippen LogP contribution in [0.15, 0.2) is 24.3 Å². The number of halogens is 1. The van der Waals surface area contributed by atoms with Crippen LogP contribution in [0.25, 0.3) is 0 Å². The molecule has 1 aromatic carbocycles. The van der Waals surface area contributed by atoms with Gasteiger partial charge in [-0.05, 0) is 58.5 Å². The maximum atomic E-state index is 10.6. The van der Waals surface area contributed by atoms with Gasteiger partial charge in [0.05, 0.1) is 11.9 Å². The number of aliphatic hydroxyl groups excluding tert-OH is 1. The van der Waals surface area contributed by atoms with Crippen molar-refractivity contribution in [2.75, 3.05) is 5.75 Å². The minimum absolute atomic E-state index is 0.220. The van der Waals surface area contributed by atoms with Gasteiger partial charge in [-0.25, -0.2) is 0 Å². The molecule has 0 aromatic heterocycles. The summed E-state index contributed by atoms with van der Waals surface area (Å²) in [5.74, 6) is -0.220. The fourth-order valence-electron chi connectivity index (χ4n) is 2.10. The van der Waals surface area contributed by atoms with Gasteiger partial charge in [-0.2, -0.15) is 8.42 Å². The van der Waals surface area contributed by atoms with Crippen molar-refractivity contribution in [1.29, 1.82) is 0 Å². The fraction of sp³-hybridized carbons (Fsp3) is 0.571. The molecular formula is C14H21IO4S. The van der Waals surface area contributed by atoms with Crippen LogP contribution in [0.5, 0.6) is 0 Å². The number of aliphatic hydroxyl groups is 1. The van der Waals surface area contributed by atoms with Gasteiger partial charge >= 0.3 is 0 Å². The predicted octanol–water partition coefficient (Wildman–Crippen LogP) is 3.41. The summed E-state index contributed by atoms with van der Waals surface area (Å²) in [7, 11) is -3.88. The van der Waals surface area contributed by atoms with Gasteiger partial charge in [-0.3, -0.25) is 4.55 Å². The maximum Gasteiger partial charge on any atom is 0.264 e. The molecule has 2 N–H and O–H groups in total. The lowest BCUT2D eigenvalue weighted by molar-refractivity contribution is 0.0414. The van der Waals surface area contributed by atoms with E-state index in [0.29, 0.717) is 19.3 Å². The molecule has 0 aliphatic carbocycles. The van der Waals surface area contributed by atoms with E-state index in [1.807, 2.05) is 38.1 Å². The van der Waals surface area contributed by atoms with Crippen molar-refractivity contribution in [1.82, 2.24) is 0 Å². The molecule has 0 spiro atoms. The van der Waals surface area contributed by atoms with Gasteiger partial charge in [-0.15, -0.1) is 0 Å². The molecule has 4 nitrogen and oxygen atoms in total. The van der Waals surface area contributed by atoms with Crippen molar-refractivity contribution < 1.29 is 18.1 Å². The fourth-order valence-corrected chi connectivity index (χ4v) is 3.03. The summed E-state index contributed by atoms with van der Waals surface area (Å²) in [4.78, 5) is 0. The van der Waals surface area contributed by atoms with Crippen LogP contribution in [0.1, 0.15) is 44.8 Å². The van der Waals surface area contributed by atoms with E-state index in [9.17, 15) is 13.5 Å². The second-order valence-electron chi connectivity index (χ2n) is 5.69. The van der Waals surface area contributed by atoms with Crippen molar-refractivity contribution in [2.45, 2.75) is 39.2 Å². The van der Waals surface area contributed by atoms with Gasteiger partial charge in [0, 0.05) is 3.57 Å². The smallest absolute Gasteiger partial charge is 0.264 e. The Hall–Kier alpha value is -0.180. The third kappa shape index (κ3) is 6.07. The maximum absolute atomic E-state index is 10.6. The normalized spacial score (nSPS) is 14.2. The van der Waals surface area contributed by atoms with E-state index in [0.717, 1.165) is 9.13 Å². The first-order valence-electron chi connectivity index (χ1n) is 6.50. The highest BCUT2D eigenvalue weighted by Gasteiger charge is 2.28. The topological polar surface area (TPSA) is 74.6 Å². The molecule has 114 valence electrons. The van der Waals surface area contributed by atoms with E-state index in [1.165, 1.54) is 0 Å². The van der Waals surface area contributed by atoms with E-state index in [1.54, 1.807) is 0 Å². The van der Waals surface area contributed by atoms with Crippen LogP contribution in [0.2, 0.25) is 0 Å². The number of benzene rings is 1. The van der Waals surface area contributed by atoms with Crippen molar-refractivity contribution in [3.63, 3.8) is 0 Å². The van der Waals surface area contributed by atoms with Crippen molar-refractivity contribution >= 4 is 32.7 Å². The Balaban J connectivity index is 2.56. The Bertz CT molecular complexity index is 523. The summed E-state index contributed by atoms with van der Waals surface area (Å²) >= 11 is 2.21. The molecule has 1 atom stereocenters. The van der Waals surface area contributed by atoms with E-state index in [2.05, 4.69) is 22.6 Å². The van der Waals surface area contributed by atoms with Gasteiger partial charge in [0.15, 0.2) is 0 Å². The number of unbranched alkanes of at least 4 members (excludes halogenated alkanes) is 1. The van der Waals surface area contributed by atoms with Crippen molar-refractivity contribution in [3.05, 3.63) is 33.4 Å². The average molecular weight is 412 g/mol. The van der Waals surface area contributed by atoms with Crippen LogP contribution in [-0.4, -0.2) is 23.8 Å². The SMILES string of the molecule is CC(C)(CCCCS(=O)(=O)O)C(O)c1ccc(I)cc1. The summed E-state index contributed by atoms with van der Waals surface area (Å²) in [5, 5.41) is 10.4. The summed E-state index contributed by atoms with van der Waals surface area (Å²) in [6.07, 6.45) is 1.15. The Morgan fingerprint density at radius 2 is 1.75 bits per heavy atom. The Morgan fingerprint density at radius 1 is 1.20 bits per heavy atom. The van der Waals surface area contributed by atoms with E-state index in [4.69, 9.17) is 4.55 Å². The summed E-state index contributed by atoms with van der Waals surface area (Å²) in [5.41, 5.74) is 0.525. The number of hydrogen-bond donors (Lipinski definition) is 2. The van der Waals surface area contributed by atoms with Crippen LogP contribution in [0, 0.1) is 8.99 Å². The zero-order chi connectivity index (χ0) is 15.4. The standard InChI is InChI=1S/C14H21IO4S/c1-14(2,9-3-4-10-20(17,18)19)13(16)11-5-7-12(15)8-6-11/h5-8,13,16H,3-4,9-10H2,1-2H3,(H,17,18,19). The van der Waals surface area contributed by atoms with Gasteiger partial charge < -0.3 is 5.11 Å². The van der Waals surface area contributed by atoms with Crippen molar-refractivity contribution in [2.24, 2.45) is 5.41 Å². The Labute approximate surface area is 134 Å². The molecule has 0 bridgehead atoms. The monoisotopic (exact) mass is 412 g/mol. The van der Waals surface area contributed by atoms with Crippen LogP contribution in [-0.2, 0) is 10.1 Å². The zero-order valence-corrected chi connectivity index (χ0v) is 14.7. The van der Waals surface area contributed by atoms with Gasteiger partial charge in [-0.1, -0.05) is 32.4 Å². The number of rotatable bonds is 7. The molecule has 20 heavy (non-hydrogen) atoms. The zero-order valence-electron chi connectivity index (χ0n) is 11.7. The Morgan fingerprint density at radius 3 is 2.25 bits per heavy atom. The van der Waals surface area contributed by atoms with Crippen LogP contribution in [0.4, 0.5) is 0 Å². The van der Waals surface area contributed by atoms with Crippen LogP contribution >= 0.6 is 22.6 Å². The minimum atomic E-state index is -3.88. The second-order valence-corrected chi connectivity index (χ2v) is 8.50. The molecule has 1 rings (SSSR count). The molecule has 0 saturated carbocycles. The molecule has 1 aromatic rings. The average Bonchev–Trinajstić information content (AvgIpc) is 2.34. The first-order valence-corrected chi connectivity index (χ1v) is 9.19. The molecule has 0 fully saturated rings. The van der Waals surface area contributed by atoms with Gasteiger partial charge in [0.25, 0.3) is 10.1 Å². The highest BCUT2D eigenvalue weighted by Crippen LogP contribution is 2.37. The molecule has 0 radical (unpaired) electrons. The summed E-state index contributed by atoms with van der Waals surface area (Å²) in [6.45, 7) is 3.92. The predicted molar refractivity (Wildman–Crippen MR) is 88.2 cm³/mol. The second kappa shape index (κ2) is 7.20. The third-order valence-electron chi connectivity index (χ3n) is 3.40. The third-order valence-corrected chi connectivity index (χ3v) is 4.92. The summed E-state index contributed by atoms with van der Waals surface area (Å²) in [6, 6.07) is 7.72. The van der Waals surface area contributed by atoms with E-state index in [-0.39, 0.29) is 11.2 Å². The van der Waals surface area contributed by atoms with Crippen LogP contribution in [0.3, 0.4) is 0 Å². The van der Waals surface area contributed by atoms with Gasteiger partial charge in [0.1, 0.15) is 0 Å². The molecule has 1 unspecified atom stereocenters.